The lowest BCUT2D eigenvalue weighted by atomic mass is 9.92. The van der Waals surface area contributed by atoms with E-state index in [2.05, 4.69) is 0 Å². The van der Waals surface area contributed by atoms with Gasteiger partial charge in [0.25, 0.3) is 0 Å². The predicted octanol–water partition coefficient (Wildman–Crippen LogP) is 5.33. The molecule has 0 fully saturated rings. The molecular weight excluding hydrogens is 290 g/mol. The highest BCUT2D eigenvalue weighted by atomic mass is 14.9. The third-order valence-corrected chi connectivity index (χ3v) is 4.27. The average Bonchev–Trinajstić information content (AvgIpc) is 2.66. The molecule has 0 spiro atoms. The molecule has 0 unspecified atom stereocenters. The monoisotopic (exact) mass is 324 g/mol. The summed E-state index contributed by atoms with van der Waals surface area (Å²) >= 11 is 0. The SMILES string of the molecule is [2H]C([2H])([2H])c1cc(C)c(-c2cc(C([2H])([2H])[2H])c(C([2H])([2H])C)c[n+]2C)cc1-c1ccccc1. The van der Waals surface area contributed by atoms with E-state index in [1.54, 1.807) is 30.7 Å². The van der Waals surface area contributed by atoms with Crippen LogP contribution in [0.1, 0.15) is 40.1 Å². The molecule has 1 heterocycles. The highest BCUT2D eigenvalue weighted by Crippen LogP contribution is 2.31. The van der Waals surface area contributed by atoms with Gasteiger partial charge in [-0.1, -0.05) is 43.3 Å². The summed E-state index contributed by atoms with van der Waals surface area (Å²) in [5.74, 6) is 0. The second kappa shape index (κ2) is 6.60. The van der Waals surface area contributed by atoms with Crippen molar-refractivity contribution in [1.82, 2.24) is 0 Å². The fourth-order valence-corrected chi connectivity index (χ4v) is 2.96. The summed E-state index contributed by atoms with van der Waals surface area (Å²) in [5.41, 5.74) is 3.52. The maximum atomic E-state index is 8.09. The van der Waals surface area contributed by atoms with Crippen molar-refractivity contribution in [1.29, 1.82) is 0 Å². The summed E-state index contributed by atoms with van der Waals surface area (Å²) in [7, 11) is 1.73. The minimum absolute atomic E-state index is 0.0568. The highest BCUT2D eigenvalue weighted by Gasteiger charge is 2.17. The van der Waals surface area contributed by atoms with Crippen molar-refractivity contribution in [3.05, 3.63) is 77.0 Å². The summed E-state index contributed by atoms with van der Waals surface area (Å²) in [6.45, 7) is -1.69. The Morgan fingerprint density at radius 3 is 2.38 bits per heavy atom. The van der Waals surface area contributed by atoms with E-state index in [1.165, 1.54) is 19.2 Å². The lowest BCUT2D eigenvalue weighted by molar-refractivity contribution is -0.660. The van der Waals surface area contributed by atoms with Crippen molar-refractivity contribution in [2.75, 3.05) is 0 Å². The summed E-state index contributed by atoms with van der Waals surface area (Å²) < 4.78 is 65.7. The molecule has 1 aromatic heterocycles. The molecule has 0 aliphatic rings. The van der Waals surface area contributed by atoms with Crippen LogP contribution in [0.15, 0.2) is 54.7 Å². The summed E-state index contributed by atoms with van der Waals surface area (Å²) in [5, 5.41) is 0. The van der Waals surface area contributed by atoms with Crippen LogP contribution in [0, 0.1) is 20.6 Å². The Hall–Kier alpha value is -2.41. The standard InChI is InChI=1S/C23H26N/c1-6-19-15-24(5)23(13-16(19)2)22-14-21(17(3)12-18(22)4)20-10-8-7-9-11-20/h7-15H,6H2,1-5H3/q+1/i2D3,3D3,6D2. The molecule has 24 heavy (non-hydrogen) atoms. The van der Waals surface area contributed by atoms with Crippen LogP contribution in [-0.2, 0) is 13.4 Å². The lowest BCUT2D eigenvalue weighted by Crippen LogP contribution is -2.32. The van der Waals surface area contributed by atoms with Gasteiger partial charge in [-0.25, -0.2) is 4.57 Å². The Bertz CT molecular complexity index is 1140. The van der Waals surface area contributed by atoms with Crippen molar-refractivity contribution in [2.45, 2.75) is 33.9 Å². The van der Waals surface area contributed by atoms with Crippen LogP contribution >= 0.6 is 0 Å². The van der Waals surface area contributed by atoms with Crippen molar-refractivity contribution >= 4 is 0 Å². The van der Waals surface area contributed by atoms with Crippen molar-refractivity contribution in [3.8, 4) is 22.4 Å². The minimum atomic E-state index is -2.50. The van der Waals surface area contributed by atoms with Crippen molar-refractivity contribution < 1.29 is 15.5 Å². The third-order valence-electron chi connectivity index (χ3n) is 4.27. The Labute approximate surface area is 156 Å². The first kappa shape index (κ1) is 9.17. The second-order valence-corrected chi connectivity index (χ2v) is 5.93. The number of benzene rings is 2. The number of nitrogens with zero attached hydrogens (tertiary/aromatic N) is 1. The minimum Gasteiger partial charge on any atom is -0.201 e. The van der Waals surface area contributed by atoms with E-state index in [0.717, 1.165) is 5.56 Å². The van der Waals surface area contributed by atoms with Gasteiger partial charge in [0.2, 0.25) is 5.69 Å². The summed E-state index contributed by atoms with van der Waals surface area (Å²) in [6.07, 6.45) is -0.328. The van der Waals surface area contributed by atoms with Gasteiger partial charge in [0.1, 0.15) is 7.05 Å². The van der Waals surface area contributed by atoms with E-state index in [1.807, 2.05) is 30.3 Å². The van der Waals surface area contributed by atoms with E-state index >= 15 is 0 Å². The fraction of sp³-hybridized carbons (Fsp3) is 0.261. The molecule has 1 heteroatoms. The van der Waals surface area contributed by atoms with Gasteiger partial charge in [-0.15, -0.1) is 0 Å². The Morgan fingerprint density at radius 2 is 1.71 bits per heavy atom. The number of rotatable bonds is 3. The molecule has 0 amide bonds. The van der Waals surface area contributed by atoms with Crippen LogP contribution in [0.5, 0.6) is 0 Å². The molecule has 1 nitrogen and oxygen atoms in total. The topological polar surface area (TPSA) is 3.88 Å². The Balaban J connectivity index is 2.36. The molecule has 0 bridgehead atoms. The molecule has 2 aromatic carbocycles. The maximum Gasteiger partial charge on any atom is 0.212 e. The van der Waals surface area contributed by atoms with E-state index in [-0.39, 0.29) is 16.7 Å². The molecule has 0 saturated heterocycles. The number of hydrogen-bond donors (Lipinski definition) is 0. The quantitative estimate of drug-likeness (QED) is 0.573. The normalized spacial score (nSPS) is 17.5. The molecule has 0 saturated carbocycles. The van der Waals surface area contributed by atoms with E-state index < -0.39 is 20.1 Å². The number of aryl methyl sites for hydroxylation is 5. The largest absolute Gasteiger partial charge is 0.212 e. The van der Waals surface area contributed by atoms with Gasteiger partial charge < -0.3 is 0 Å². The maximum absolute atomic E-state index is 8.09. The zero-order valence-electron chi connectivity index (χ0n) is 22.1. The number of pyridine rings is 1. The smallest absolute Gasteiger partial charge is 0.201 e. The Kier molecular flexibility index (Phi) is 2.52. The van der Waals surface area contributed by atoms with Crippen molar-refractivity contribution in [3.63, 3.8) is 0 Å². The molecular formula is C23H26N+. The number of hydrogen-bond acceptors (Lipinski definition) is 0. The van der Waals surface area contributed by atoms with Crippen LogP contribution in [0.25, 0.3) is 22.4 Å². The highest BCUT2D eigenvalue weighted by molar-refractivity contribution is 5.75. The van der Waals surface area contributed by atoms with Gasteiger partial charge in [0.05, 0.1) is 0 Å². The first-order valence-electron chi connectivity index (χ1n) is 11.9. The number of aromatic nitrogens is 1. The van der Waals surface area contributed by atoms with E-state index in [9.17, 15) is 0 Å². The molecule has 3 rings (SSSR count). The average molecular weight is 325 g/mol. The Morgan fingerprint density at radius 1 is 0.958 bits per heavy atom. The zero-order valence-corrected chi connectivity index (χ0v) is 14.1. The summed E-state index contributed by atoms with van der Waals surface area (Å²) in [4.78, 5) is 0. The van der Waals surface area contributed by atoms with Gasteiger partial charge in [0.15, 0.2) is 6.20 Å². The van der Waals surface area contributed by atoms with Crippen LogP contribution in [-0.4, -0.2) is 0 Å². The molecule has 0 N–H and O–H groups in total. The molecule has 0 aliphatic heterocycles. The molecule has 0 radical (unpaired) electrons. The van der Waals surface area contributed by atoms with Crippen LogP contribution in [0.3, 0.4) is 0 Å². The predicted molar refractivity (Wildman–Crippen MR) is 102 cm³/mol. The van der Waals surface area contributed by atoms with Gasteiger partial charge in [-0.3, -0.25) is 0 Å². The van der Waals surface area contributed by atoms with Gasteiger partial charge in [-0.05, 0) is 60.9 Å². The van der Waals surface area contributed by atoms with Crippen LogP contribution < -0.4 is 4.57 Å². The van der Waals surface area contributed by atoms with Crippen LogP contribution in [0.4, 0.5) is 0 Å². The van der Waals surface area contributed by atoms with Crippen molar-refractivity contribution in [2.24, 2.45) is 7.05 Å². The molecule has 0 aliphatic carbocycles. The van der Waals surface area contributed by atoms with E-state index in [0.29, 0.717) is 22.4 Å². The molecule has 3 aromatic rings. The molecule has 122 valence electrons. The molecule has 0 atom stereocenters. The van der Waals surface area contributed by atoms with Gasteiger partial charge in [0, 0.05) is 28.2 Å². The third kappa shape index (κ3) is 2.99. The second-order valence-electron chi connectivity index (χ2n) is 5.93. The van der Waals surface area contributed by atoms with E-state index in [4.69, 9.17) is 11.0 Å². The first-order valence-corrected chi connectivity index (χ1v) is 7.86. The lowest BCUT2D eigenvalue weighted by Gasteiger charge is -2.13. The first-order chi connectivity index (χ1) is 14.6. The van der Waals surface area contributed by atoms with Gasteiger partial charge in [-0.2, -0.15) is 0 Å². The van der Waals surface area contributed by atoms with Crippen LogP contribution in [0.2, 0.25) is 0 Å². The summed E-state index contributed by atoms with van der Waals surface area (Å²) in [6, 6.07) is 14.1. The van der Waals surface area contributed by atoms with Gasteiger partial charge >= 0.3 is 0 Å². The zero-order chi connectivity index (χ0) is 24.1. The fourth-order valence-electron chi connectivity index (χ4n) is 2.96.